The molecular weight excluding hydrogens is 316 g/mol. The predicted molar refractivity (Wildman–Crippen MR) is 85.5 cm³/mol. The van der Waals surface area contributed by atoms with E-state index in [0.29, 0.717) is 18.2 Å². The molecule has 21 heavy (non-hydrogen) atoms. The zero-order valence-corrected chi connectivity index (χ0v) is 13.4. The number of nitrogens with zero attached hydrogens (tertiary/aromatic N) is 1. The molecule has 1 fully saturated rings. The highest BCUT2D eigenvalue weighted by Crippen LogP contribution is 2.20. The van der Waals surface area contributed by atoms with Gasteiger partial charge in [-0.25, -0.2) is 4.39 Å². The lowest BCUT2D eigenvalue weighted by molar-refractivity contribution is -0.117. The van der Waals surface area contributed by atoms with Crippen LogP contribution in [0.15, 0.2) is 18.2 Å². The van der Waals surface area contributed by atoms with Gasteiger partial charge < -0.3 is 11.1 Å². The Bertz CT molecular complexity index is 499. The number of likely N-dealkylation sites (tertiary alicyclic amines) is 1. The Labute approximate surface area is 135 Å². The van der Waals surface area contributed by atoms with Gasteiger partial charge in [-0.1, -0.05) is 11.6 Å². The highest BCUT2D eigenvalue weighted by Gasteiger charge is 2.26. The first-order chi connectivity index (χ1) is 9.45. The summed E-state index contributed by atoms with van der Waals surface area (Å²) in [6, 6.07) is 4.29. The highest BCUT2D eigenvalue weighted by atomic mass is 35.5. The number of carbonyl (C=O) groups is 1. The molecule has 0 saturated carbocycles. The summed E-state index contributed by atoms with van der Waals surface area (Å²) < 4.78 is 13.0. The quantitative estimate of drug-likeness (QED) is 0.888. The van der Waals surface area contributed by atoms with Gasteiger partial charge in [-0.2, -0.15) is 0 Å². The van der Waals surface area contributed by atoms with Crippen LogP contribution in [0.1, 0.15) is 13.3 Å². The molecule has 0 radical (unpaired) electrons. The number of hydrogen-bond acceptors (Lipinski definition) is 3. The normalized spacial score (nSPS) is 19.9. The minimum Gasteiger partial charge on any atom is -0.328 e. The van der Waals surface area contributed by atoms with Crippen molar-refractivity contribution >= 4 is 35.6 Å². The third-order valence-electron chi connectivity index (χ3n) is 3.62. The average molecular weight is 336 g/mol. The summed E-state index contributed by atoms with van der Waals surface area (Å²) in [5.41, 5.74) is 6.37. The summed E-state index contributed by atoms with van der Waals surface area (Å²) in [4.78, 5) is 14.0. The Morgan fingerprint density at radius 1 is 1.62 bits per heavy atom. The van der Waals surface area contributed by atoms with E-state index in [-0.39, 0.29) is 29.4 Å². The van der Waals surface area contributed by atoms with E-state index in [1.165, 1.54) is 18.2 Å². The minimum atomic E-state index is -0.496. The monoisotopic (exact) mass is 335 g/mol. The molecule has 1 aliphatic heterocycles. The second-order valence-corrected chi connectivity index (χ2v) is 5.73. The molecule has 1 aromatic carbocycles. The maximum atomic E-state index is 13.0. The number of nitrogens with two attached hydrogens (primary N) is 1. The summed E-state index contributed by atoms with van der Waals surface area (Å²) in [6.07, 6.45) is 1.02. The molecule has 0 aromatic heterocycles. The fraction of sp³-hybridized carbons (Fsp3) is 0.500. The Balaban J connectivity index is 0.00000220. The van der Waals surface area contributed by atoms with Crippen LogP contribution in [0, 0.1) is 11.7 Å². The van der Waals surface area contributed by atoms with Crippen molar-refractivity contribution in [2.75, 3.05) is 25.0 Å². The summed E-state index contributed by atoms with van der Waals surface area (Å²) in [7, 11) is 0. The first-order valence-corrected chi connectivity index (χ1v) is 7.06. The van der Waals surface area contributed by atoms with Gasteiger partial charge in [-0.3, -0.25) is 9.69 Å². The van der Waals surface area contributed by atoms with Crippen molar-refractivity contribution in [2.45, 2.75) is 19.4 Å². The third-order valence-corrected chi connectivity index (χ3v) is 3.91. The number of halogens is 3. The van der Waals surface area contributed by atoms with E-state index in [4.69, 9.17) is 17.3 Å². The van der Waals surface area contributed by atoms with Gasteiger partial charge in [0.25, 0.3) is 0 Å². The van der Waals surface area contributed by atoms with Crippen molar-refractivity contribution in [1.29, 1.82) is 0 Å². The molecule has 1 saturated heterocycles. The number of hydrogen-bond donors (Lipinski definition) is 2. The molecule has 2 atom stereocenters. The molecule has 4 nitrogen and oxygen atoms in total. The standard InChI is InChI=1S/C14H19ClFN3O.ClH/c1-9(17)10-4-5-19(7-10)8-14(20)18-11-2-3-13(16)12(15)6-11;/h2-3,6,9-10H,4-5,7-8,17H2,1H3,(H,18,20);1H. The van der Waals surface area contributed by atoms with Crippen LogP contribution >= 0.6 is 24.0 Å². The largest absolute Gasteiger partial charge is 0.328 e. The molecule has 0 aliphatic carbocycles. The van der Waals surface area contributed by atoms with Gasteiger partial charge in [0.15, 0.2) is 0 Å². The first-order valence-electron chi connectivity index (χ1n) is 6.68. The van der Waals surface area contributed by atoms with Gasteiger partial charge in [0.2, 0.25) is 5.91 Å². The van der Waals surface area contributed by atoms with Crippen molar-refractivity contribution in [3.8, 4) is 0 Å². The average Bonchev–Trinajstić information content (AvgIpc) is 2.82. The van der Waals surface area contributed by atoms with Crippen LogP contribution in [0.4, 0.5) is 10.1 Å². The molecule has 0 bridgehead atoms. The van der Waals surface area contributed by atoms with E-state index in [2.05, 4.69) is 10.2 Å². The highest BCUT2D eigenvalue weighted by molar-refractivity contribution is 6.31. The lowest BCUT2D eigenvalue weighted by atomic mass is 10.0. The predicted octanol–water partition coefficient (Wildman–Crippen LogP) is 2.51. The van der Waals surface area contributed by atoms with Crippen molar-refractivity contribution in [3.05, 3.63) is 29.0 Å². The van der Waals surface area contributed by atoms with E-state index in [1.807, 2.05) is 6.92 Å². The molecule has 1 aromatic rings. The van der Waals surface area contributed by atoms with Crippen molar-refractivity contribution in [2.24, 2.45) is 11.7 Å². The molecule has 1 aliphatic rings. The van der Waals surface area contributed by atoms with Gasteiger partial charge >= 0.3 is 0 Å². The molecule has 2 rings (SSSR count). The van der Waals surface area contributed by atoms with Crippen molar-refractivity contribution in [3.63, 3.8) is 0 Å². The van der Waals surface area contributed by atoms with E-state index < -0.39 is 5.82 Å². The van der Waals surface area contributed by atoms with Gasteiger partial charge in [0, 0.05) is 18.3 Å². The third kappa shape index (κ3) is 5.11. The summed E-state index contributed by atoms with van der Waals surface area (Å²) in [5, 5.41) is 2.72. The molecule has 7 heteroatoms. The maximum Gasteiger partial charge on any atom is 0.238 e. The zero-order chi connectivity index (χ0) is 14.7. The smallest absolute Gasteiger partial charge is 0.238 e. The Kier molecular flexibility index (Phi) is 6.87. The minimum absolute atomic E-state index is 0. The van der Waals surface area contributed by atoms with Crippen LogP contribution in [0.3, 0.4) is 0 Å². The second-order valence-electron chi connectivity index (χ2n) is 5.32. The van der Waals surface area contributed by atoms with Crippen LogP contribution in [0.2, 0.25) is 5.02 Å². The van der Waals surface area contributed by atoms with E-state index in [9.17, 15) is 9.18 Å². The lowest BCUT2D eigenvalue weighted by Crippen LogP contribution is -2.34. The number of carbonyl (C=O) groups excluding carboxylic acids is 1. The fourth-order valence-electron chi connectivity index (χ4n) is 2.41. The number of nitrogens with one attached hydrogen (secondary N) is 1. The fourth-order valence-corrected chi connectivity index (χ4v) is 2.59. The molecule has 2 unspecified atom stereocenters. The van der Waals surface area contributed by atoms with Crippen molar-refractivity contribution < 1.29 is 9.18 Å². The second kappa shape index (κ2) is 7.94. The molecule has 1 amide bonds. The number of benzene rings is 1. The first kappa shape index (κ1) is 18.2. The van der Waals surface area contributed by atoms with Gasteiger partial charge in [0.05, 0.1) is 11.6 Å². The van der Waals surface area contributed by atoms with Crippen molar-refractivity contribution in [1.82, 2.24) is 4.90 Å². The van der Waals surface area contributed by atoms with Crippen LogP contribution in [0.25, 0.3) is 0 Å². The van der Waals surface area contributed by atoms with Gasteiger partial charge in [0.1, 0.15) is 5.82 Å². The van der Waals surface area contributed by atoms with Gasteiger partial charge in [-0.15, -0.1) is 12.4 Å². The van der Waals surface area contributed by atoms with E-state index in [0.717, 1.165) is 19.5 Å². The summed E-state index contributed by atoms with van der Waals surface area (Å²) in [6.45, 7) is 4.03. The lowest BCUT2D eigenvalue weighted by Gasteiger charge is -2.17. The van der Waals surface area contributed by atoms with E-state index in [1.54, 1.807) is 0 Å². The van der Waals surface area contributed by atoms with Gasteiger partial charge in [-0.05, 0) is 44.0 Å². The number of anilines is 1. The van der Waals surface area contributed by atoms with Crippen LogP contribution in [0.5, 0.6) is 0 Å². The SMILES string of the molecule is CC(N)C1CCN(CC(=O)Nc2ccc(F)c(Cl)c2)C1.Cl. The Hall–Kier alpha value is -0.880. The maximum absolute atomic E-state index is 13.0. The molecule has 1 heterocycles. The van der Waals surface area contributed by atoms with Crippen LogP contribution in [-0.4, -0.2) is 36.5 Å². The Morgan fingerprint density at radius 3 is 2.90 bits per heavy atom. The van der Waals surface area contributed by atoms with E-state index >= 15 is 0 Å². The van der Waals surface area contributed by atoms with Crippen LogP contribution < -0.4 is 11.1 Å². The molecule has 3 N–H and O–H groups in total. The van der Waals surface area contributed by atoms with Crippen LogP contribution in [-0.2, 0) is 4.79 Å². The Morgan fingerprint density at radius 2 is 2.33 bits per heavy atom. The molecular formula is C14H20Cl2FN3O. The topological polar surface area (TPSA) is 58.4 Å². The zero-order valence-electron chi connectivity index (χ0n) is 11.8. The summed E-state index contributed by atoms with van der Waals surface area (Å²) in [5.74, 6) is -0.176. The number of amides is 1. The molecule has 0 spiro atoms. The molecule has 118 valence electrons. The summed E-state index contributed by atoms with van der Waals surface area (Å²) >= 11 is 5.67. The number of rotatable bonds is 4.